The molecule has 1 aromatic heterocycles. The molecule has 1 unspecified atom stereocenters. The maximum absolute atomic E-state index is 12.9. The van der Waals surface area contributed by atoms with Crippen LogP contribution in [0.15, 0.2) is 48.7 Å². The lowest BCUT2D eigenvalue weighted by Gasteiger charge is -2.26. The van der Waals surface area contributed by atoms with Gasteiger partial charge in [-0.3, -0.25) is 4.79 Å². The van der Waals surface area contributed by atoms with E-state index in [1.165, 1.54) is 18.2 Å². The van der Waals surface area contributed by atoms with Gasteiger partial charge in [0, 0.05) is 22.8 Å². The van der Waals surface area contributed by atoms with E-state index in [1.807, 2.05) is 12.1 Å². The number of hydrogen-bond donors (Lipinski definition) is 3. The topological polar surface area (TPSA) is 66.2 Å². The van der Waals surface area contributed by atoms with Crippen LogP contribution < -0.4 is 15.4 Å². The van der Waals surface area contributed by atoms with Crippen molar-refractivity contribution in [2.45, 2.75) is 12.3 Å². The van der Waals surface area contributed by atoms with Crippen LogP contribution in [-0.2, 0) is 11.0 Å². The van der Waals surface area contributed by atoms with Crippen molar-refractivity contribution in [3.63, 3.8) is 0 Å². The highest BCUT2D eigenvalue weighted by molar-refractivity contribution is 5.97. The Bertz CT molecular complexity index is 981. The van der Waals surface area contributed by atoms with Gasteiger partial charge in [0.15, 0.2) is 6.10 Å². The summed E-state index contributed by atoms with van der Waals surface area (Å²) in [6.07, 6.45) is -4.26. The highest BCUT2D eigenvalue weighted by Crippen LogP contribution is 2.35. The Balaban J connectivity index is 1.52. The molecule has 2 heterocycles. The monoisotopic (exact) mass is 361 g/mol. The number of nitrogens with one attached hydrogen (secondary N) is 3. The van der Waals surface area contributed by atoms with Crippen molar-refractivity contribution >= 4 is 28.2 Å². The number of fused-ring (bicyclic) bond motifs is 2. The molecule has 1 atom stereocenters. The van der Waals surface area contributed by atoms with Gasteiger partial charge in [-0.05, 0) is 24.3 Å². The molecule has 1 amide bonds. The van der Waals surface area contributed by atoms with Gasteiger partial charge in [-0.25, -0.2) is 0 Å². The fourth-order valence-electron chi connectivity index (χ4n) is 2.92. The van der Waals surface area contributed by atoms with Gasteiger partial charge in [0.05, 0.1) is 17.8 Å². The van der Waals surface area contributed by atoms with Crippen molar-refractivity contribution in [3.05, 3.63) is 54.2 Å². The second-order valence-electron chi connectivity index (χ2n) is 5.93. The number of para-hydroxylation sites is 2. The summed E-state index contributed by atoms with van der Waals surface area (Å²) in [4.78, 5) is 15.0. The summed E-state index contributed by atoms with van der Waals surface area (Å²) in [5.74, 6) is 0.197. The number of carbonyl (C=O) groups excluding carboxylic acids is 1. The van der Waals surface area contributed by atoms with Crippen LogP contribution in [0, 0.1) is 0 Å². The van der Waals surface area contributed by atoms with E-state index in [2.05, 4.69) is 15.6 Å². The third-order valence-electron chi connectivity index (χ3n) is 4.18. The second-order valence-corrected chi connectivity index (χ2v) is 5.93. The van der Waals surface area contributed by atoms with Crippen LogP contribution >= 0.6 is 0 Å². The quantitative estimate of drug-likeness (QED) is 0.646. The van der Waals surface area contributed by atoms with Crippen LogP contribution in [-0.4, -0.2) is 23.5 Å². The minimum atomic E-state index is -4.43. The summed E-state index contributed by atoms with van der Waals surface area (Å²) < 4.78 is 44.4. The fraction of sp³-hybridized carbons (Fsp3) is 0.167. The smallest absolute Gasteiger partial charge is 0.418 e. The van der Waals surface area contributed by atoms with Crippen molar-refractivity contribution in [2.24, 2.45) is 0 Å². The highest BCUT2D eigenvalue weighted by Gasteiger charge is 2.33. The maximum Gasteiger partial charge on any atom is 0.418 e. The van der Waals surface area contributed by atoms with Gasteiger partial charge in [0.2, 0.25) is 0 Å². The van der Waals surface area contributed by atoms with Crippen LogP contribution in [0.2, 0.25) is 0 Å². The van der Waals surface area contributed by atoms with E-state index >= 15 is 0 Å². The summed E-state index contributed by atoms with van der Waals surface area (Å²) >= 11 is 0. The lowest BCUT2D eigenvalue weighted by molar-refractivity contribution is -0.136. The number of amides is 1. The molecule has 8 heteroatoms. The summed E-state index contributed by atoms with van der Waals surface area (Å²) in [5, 5.41) is 5.84. The second kappa shape index (κ2) is 5.98. The molecule has 0 bridgehead atoms. The summed E-state index contributed by atoms with van der Waals surface area (Å²) in [6, 6.07) is 11.5. The molecule has 0 radical (unpaired) electrons. The molecular weight excluding hydrogens is 347 g/mol. The van der Waals surface area contributed by atoms with E-state index in [4.69, 9.17) is 4.74 Å². The Kier molecular flexibility index (Phi) is 3.75. The summed E-state index contributed by atoms with van der Waals surface area (Å²) in [5.41, 5.74) is 0.759. The summed E-state index contributed by atoms with van der Waals surface area (Å²) in [6.45, 7) is 0.297. The molecule has 4 rings (SSSR count). The van der Waals surface area contributed by atoms with Gasteiger partial charge in [-0.2, -0.15) is 13.2 Å². The molecule has 1 aliphatic heterocycles. The van der Waals surface area contributed by atoms with Crippen molar-refractivity contribution in [3.8, 4) is 5.75 Å². The summed E-state index contributed by atoms with van der Waals surface area (Å²) in [7, 11) is 0. The Hall–Kier alpha value is -3.16. The number of aromatic amines is 1. The number of rotatable bonds is 2. The molecule has 0 aliphatic carbocycles. The average Bonchev–Trinajstić information content (AvgIpc) is 3.05. The number of ether oxygens (including phenoxy) is 1. The van der Waals surface area contributed by atoms with E-state index in [0.29, 0.717) is 23.5 Å². The normalized spacial score (nSPS) is 16.5. The molecule has 5 nitrogen and oxygen atoms in total. The number of anilines is 2. The van der Waals surface area contributed by atoms with Crippen molar-refractivity contribution in [1.82, 2.24) is 4.98 Å². The van der Waals surface area contributed by atoms with Gasteiger partial charge in [-0.1, -0.05) is 18.2 Å². The Morgan fingerprint density at radius 1 is 1.19 bits per heavy atom. The molecular formula is C18H14F3N3O2. The first kappa shape index (κ1) is 16.3. The number of halogens is 3. The van der Waals surface area contributed by atoms with Crippen molar-refractivity contribution in [1.29, 1.82) is 0 Å². The number of alkyl halides is 3. The molecule has 0 spiro atoms. The molecule has 0 saturated carbocycles. The first-order valence-corrected chi connectivity index (χ1v) is 7.90. The molecule has 0 saturated heterocycles. The Morgan fingerprint density at radius 2 is 2.00 bits per heavy atom. The van der Waals surface area contributed by atoms with Crippen LogP contribution in [0.4, 0.5) is 24.5 Å². The molecule has 0 fully saturated rings. The maximum atomic E-state index is 12.9. The zero-order chi connectivity index (χ0) is 18.3. The van der Waals surface area contributed by atoms with Gasteiger partial charge in [0.1, 0.15) is 5.75 Å². The number of aromatic nitrogens is 1. The minimum absolute atomic E-state index is 0.0556. The molecule has 3 N–H and O–H groups in total. The highest BCUT2D eigenvalue weighted by atomic mass is 19.4. The number of H-pyrrole nitrogens is 1. The predicted octanol–water partition coefficient (Wildman–Crippen LogP) is 4.00. The molecule has 1 aliphatic rings. The van der Waals surface area contributed by atoms with Crippen LogP contribution in [0.3, 0.4) is 0 Å². The van der Waals surface area contributed by atoms with Crippen LogP contribution in [0.5, 0.6) is 5.75 Å². The molecule has 26 heavy (non-hydrogen) atoms. The van der Waals surface area contributed by atoms with E-state index in [9.17, 15) is 18.0 Å². The van der Waals surface area contributed by atoms with Gasteiger partial charge < -0.3 is 20.4 Å². The third-order valence-corrected chi connectivity index (χ3v) is 4.18. The third kappa shape index (κ3) is 2.94. The number of carbonyl (C=O) groups is 1. The SMILES string of the molecule is O=C(Nc1ccc2c(C(F)(F)F)c[nH]c2c1)C1CNc2ccccc2O1. The number of hydrogen-bond acceptors (Lipinski definition) is 3. The van der Waals surface area contributed by atoms with Gasteiger partial charge in [0.25, 0.3) is 5.91 Å². The number of benzene rings is 2. The lowest BCUT2D eigenvalue weighted by atomic mass is 10.1. The standard InChI is InChI=1S/C18H14F3N3O2/c19-18(20,21)12-8-22-14-7-10(5-6-11(12)14)24-17(25)16-9-23-13-3-1-2-4-15(13)26-16/h1-8,16,22-23H,9H2,(H,24,25). The predicted molar refractivity (Wildman–Crippen MR) is 91.3 cm³/mol. The first-order valence-electron chi connectivity index (χ1n) is 7.90. The zero-order valence-corrected chi connectivity index (χ0v) is 13.4. The molecule has 134 valence electrons. The molecule has 3 aromatic rings. The zero-order valence-electron chi connectivity index (χ0n) is 13.4. The van der Waals surface area contributed by atoms with E-state index < -0.39 is 17.8 Å². The van der Waals surface area contributed by atoms with E-state index in [1.54, 1.807) is 12.1 Å². The van der Waals surface area contributed by atoms with Crippen LogP contribution in [0.25, 0.3) is 10.9 Å². The van der Waals surface area contributed by atoms with Gasteiger partial charge in [-0.15, -0.1) is 0 Å². The van der Waals surface area contributed by atoms with Crippen LogP contribution in [0.1, 0.15) is 5.56 Å². The first-order chi connectivity index (χ1) is 12.4. The molecule has 2 aromatic carbocycles. The van der Waals surface area contributed by atoms with E-state index in [-0.39, 0.29) is 11.3 Å². The Morgan fingerprint density at radius 3 is 2.81 bits per heavy atom. The Labute approximate surface area is 146 Å². The minimum Gasteiger partial charge on any atom is -0.477 e. The van der Waals surface area contributed by atoms with E-state index in [0.717, 1.165) is 11.9 Å². The van der Waals surface area contributed by atoms with Crippen molar-refractivity contribution < 1.29 is 22.7 Å². The van der Waals surface area contributed by atoms with Crippen molar-refractivity contribution in [2.75, 3.05) is 17.2 Å². The largest absolute Gasteiger partial charge is 0.477 e. The average molecular weight is 361 g/mol. The van der Waals surface area contributed by atoms with Gasteiger partial charge >= 0.3 is 6.18 Å². The lowest BCUT2D eigenvalue weighted by Crippen LogP contribution is -2.41. The fourth-order valence-corrected chi connectivity index (χ4v) is 2.92.